The number of carbonyl (C=O) groups excluding carboxylic acids is 1. The van der Waals surface area contributed by atoms with Crippen LogP contribution in [0.3, 0.4) is 0 Å². The molecule has 2 saturated heterocycles. The molecule has 4 atom stereocenters. The third-order valence-corrected chi connectivity index (χ3v) is 6.79. The van der Waals surface area contributed by atoms with E-state index in [-0.39, 0.29) is 6.04 Å². The molecule has 4 fully saturated rings. The number of rotatable bonds is 2. The first-order chi connectivity index (χ1) is 10.3. The van der Waals surface area contributed by atoms with Crippen molar-refractivity contribution in [3.63, 3.8) is 0 Å². The Hall–Kier alpha value is -0.570. The lowest BCUT2D eigenvalue weighted by Crippen LogP contribution is -2.50. The maximum Gasteiger partial charge on any atom is 0.240 e. The van der Waals surface area contributed by atoms with Gasteiger partial charge in [-0.05, 0) is 62.8 Å². The van der Waals surface area contributed by atoms with Gasteiger partial charge in [-0.2, -0.15) is 0 Å². The molecular weight excluding hydrogens is 260 g/mol. The minimum absolute atomic E-state index is 0.154. The first-order valence-corrected chi connectivity index (χ1v) is 9.38. The Morgan fingerprint density at radius 2 is 1.67 bits per heavy atom. The average Bonchev–Trinajstić information content (AvgIpc) is 3.23. The Kier molecular flexibility index (Phi) is 3.95. The van der Waals surface area contributed by atoms with Crippen molar-refractivity contribution in [3.8, 4) is 0 Å². The highest BCUT2D eigenvalue weighted by atomic mass is 16.2. The molecule has 2 saturated carbocycles. The van der Waals surface area contributed by atoms with Crippen molar-refractivity contribution in [2.24, 2.45) is 17.8 Å². The fraction of sp³-hybridized carbons (Fsp3) is 0.944. The third-order valence-electron chi connectivity index (χ3n) is 6.79. The van der Waals surface area contributed by atoms with Gasteiger partial charge in [-0.25, -0.2) is 0 Å². The topological polar surface area (TPSA) is 32.3 Å². The van der Waals surface area contributed by atoms with E-state index in [0.29, 0.717) is 17.9 Å². The van der Waals surface area contributed by atoms with E-state index in [1.165, 1.54) is 64.2 Å². The van der Waals surface area contributed by atoms with E-state index in [1.807, 2.05) is 0 Å². The predicted octanol–water partition coefficient (Wildman–Crippen LogP) is 2.95. The average molecular weight is 290 g/mol. The van der Waals surface area contributed by atoms with Gasteiger partial charge in [0.05, 0.1) is 6.04 Å². The number of likely N-dealkylation sites (tertiary alicyclic amines) is 1. The van der Waals surface area contributed by atoms with Crippen molar-refractivity contribution in [2.45, 2.75) is 76.3 Å². The van der Waals surface area contributed by atoms with Gasteiger partial charge in [0, 0.05) is 12.6 Å². The standard InChI is InChI=1S/C18H30N2O/c21-18(17-15-9-4-8-14(15)12-19-17)20-11-5-10-16(20)13-6-2-1-3-7-13/h13-17,19H,1-12H2. The molecule has 2 heterocycles. The van der Waals surface area contributed by atoms with Gasteiger partial charge in [0.15, 0.2) is 0 Å². The van der Waals surface area contributed by atoms with E-state index in [9.17, 15) is 4.79 Å². The van der Waals surface area contributed by atoms with Crippen LogP contribution in [0, 0.1) is 17.8 Å². The summed E-state index contributed by atoms with van der Waals surface area (Å²) in [6.45, 7) is 2.11. The summed E-state index contributed by atoms with van der Waals surface area (Å²) in [6, 6.07) is 0.724. The van der Waals surface area contributed by atoms with Crippen LogP contribution >= 0.6 is 0 Å². The molecule has 0 aromatic carbocycles. The van der Waals surface area contributed by atoms with E-state index in [4.69, 9.17) is 0 Å². The van der Waals surface area contributed by atoms with E-state index < -0.39 is 0 Å². The SMILES string of the molecule is O=C(C1NCC2CCCC21)N1CCCC1C1CCCCC1. The molecule has 118 valence electrons. The van der Waals surface area contributed by atoms with Gasteiger partial charge in [-0.1, -0.05) is 25.7 Å². The summed E-state index contributed by atoms with van der Waals surface area (Å²) in [6.07, 6.45) is 13.3. The number of amides is 1. The first-order valence-electron chi connectivity index (χ1n) is 9.38. The number of nitrogens with zero attached hydrogens (tertiary/aromatic N) is 1. The van der Waals surface area contributed by atoms with Gasteiger partial charge < -0.3 is 10.2 Å². The molecule has 2 aliphatic carbocycles. The number of fused-ring (bicyclic) bond motifs is 1. The van der Waals surface area contributed by atoms with E-state index in [1.54, 1.807) is 0 Å². The smallest absolute Gasteiger partial charge is 0.240 e. The quantitative estimate of drug-likeness (QED) is 0.848. The van der Waals surface area contributed by atoms with Crippen LogP contribution < -0.4 is 5.32 Å². The summed E-state index contributed by atoms with van der Waals surface area (Å²) < 4.78 is 0. The highest BCUT2D eigenvalue weighted by molar-refractivity contribution is 5.83. The monoisotopic (exact) mass is 290 g/mol. The second kappa shape index (κ2) is 5.91. The van der Waals surface area contributed by atoms with Gasteiger partial charge in [0.2, 0.25) is 5.91 Å². The number of nitrogens with one attached hydrogen (secondary N) is 1. The minimum atomic E-state index is 0.154. The second-order valence-corrected chi connectivity index (χ2v) is 7.88. The van der Waals surface area contributed by atoms with Crippen LogP contribution in [0.2, 0.25) is 0 Å². The lowest BCUT2D eigenvalue weighted by molar-refractivity contribution is -0.136. The Morgan fingerprint density at radius 3 is 2.52 bits per heavy atom. The molecule has 0 radical (unpaired) electrons. The molecular formula is C18H30N2O. The van der Waals surface area contributed by atoms with E-state index in [2.05, 4.69) is 10.2 Å². The molecule has 1 N–H and O–H groups in total. The van der Waals surface area contributed by atoms with Crippen LogP contribution in [0.1, 0.15) is 64.2 Å². The highest BCUT2D eigenvalue weighted by Crippen LogP contribution is 2.40. The molecule has 0 bridgehead atoms. The number of hydrogen-bond acceptors (Lipinski definition) is 2. The van der Waals surface area contributed by atoms with Gasteiger partial charge in [0.25, 0.3) is 0 Å². The molecule has 3 nitrogen and oxygen atoms in total. The van der Waals surface area contributed by atoms with Crippen LogP contribution in [-0.4, -0.2) is 36.0 Å². The molecule has 0 aromatic heterocycles. The van der Waals surface area contributed by atoms with Crippen molar-refractivity contribution in [2.75, 3.05) is 13.1 Å². The summed E-state index contributed by atoms with van der Waals surface area (Å²) in [5.74, 6) is 2.68. The molecule has 2 aliphatic heterocycles. The van der Waals surface area contributed by atoms with Gasteiger partial charge >= 0.3 is 0 Å². The zero-order chi connectivity index (χ0) is 14.2. The highest BCUT2D eigenvalue weighted by Gasteiger charge is 2.46. The summed E-state index contributed by atoms with van der Waals surface area (Å²) in [5, 5.41) is 3.57. The summed E-state index contributed by atoms with van der Waals surface area (Å²) in [4.78, 5) is 15.4. The van der Waals surface area contributed by atoms with Crippen molar-refractivity contribution in [1.29, 1.82) is 0 Å². The van der Waals surface area contributed by atoms with Crippen LogP contribution in [0.4, 0.5) is 0 Å². The normalized spacial score (nSPS) is 40.7. The van der Waals surface area contributed by atoms with Crippen LogP contribution in [0.25, 0.3) is 0 Å². The Morgan fingerprint density at radius 1 is 0.857 bits per heavy atom. The van der Waals surface area contributed by atoms with Gasteiger partial charge in [-0.15, -0.1) is 0 Å². The van der Waals surface area contributed by atoms with E-state index >= 15 is 0 Å². The van der Waals surface area contributed by atoms with Crippen LogP contribution in [-0.2, 0) is 4.79 Å². The summed E-state index contributed by atoms with van der Waals surface area (Å²) in [5.41, 5.74) is 0. The Balaban J connectivity index is 1.45. The molecule has 21 heavy (non-hydrogen) atoms. The number of carbonyl (C=O) groups is 1. The molecule has 4 aliphatic rings. The maximum absolute atomic E-state index is 13.1. The lowest BCUT2D eigenvalue weighted by atomic mass is 9.82. The summed E-state index contributed by atoms with van der Waals surface area (Å²) in [7, 11) is 0. The molecule has 4 rings (SSSR count). The molecule has 3 heteroatoms. The van der Waals surface area contributed by atoms with Crippen molar-refractivity contribution < 1.29 is 4.79 Å². The first kappa shape index (κ1) is 14.0. The number of hydrogen-bond donors (Lipinski definition) is 1. The largest absolute Gasteiger partial charge is 0.338 e. The maximum atomic E-state index is 13.1. The van der Waals surface area contributed by atoms with Crippen molar-refractivity contribution in [1.82, 2.24) is 10.2 Å². The Bertz CT molecular complexity index is 391. The van der Waals surface area contributed by atoms with Gasteiger partial charge in [-0.3, -0.25) is 4.79 Å². The van der Waals surface area contributed by atoms with Crippen LogP contribution in [0.5, 0.6) is 0 Å². The van der Waals surface area contributed by atoms with Crippen molar-refractivity contribution in [3.05, 3.63) is 0 Å². The lowest BCUT2D eigenvalue weighted by Gasteiger charge is -2.36. The minimum Gasteiger partial charge on any atom is -0.338 e. The zero-order valence-electron chi connectivity index (χ0n) is 13.2. The predicted molar refractivity (Wildman–Crippen MR) is 83.9 cm³/mol. The molecule has 4 unspecified atom stereocenters. The fourth-order valence-corrected chi connectivity index (χ4v) is 5.71. The molecule has 0 aromatic rings. The zero-order valence-corrected chi connectivity index (χ0v) is 13.2. The second-order valence-electron chi connectivity index (χ2n) is 7.88. The van der Waals surface area contributed by atoms with Gasteiger partial charge in [0.1, 0.15) is 0 Å². The third kappa shape index (κ3) is 2.52. The Labute approximate surface area is 128 Å². The fourth-order valence-electron chi connectivity index (χ4n) is 5.71. The van der Waals surface area contributed by atoms with E-state index in [0.717, 1.165) is 24.9 Å². The van der Waals surface area contributed by atoms with Crippen LogP contribution in [0.15, 0.2) is 0 Å². The molecule has 1 amide bonds. The summed E-state index contributed by atoms with van der Waals surface area (Å²) >= 11 is 0. The molecule has 0 spiro atoms. The van der Waals surface area contributed by atoms with Crippen molar-refractivity contribution >= 4 is 5.91 Å².